The van der Waals surface area contributed by atoms with Gasteiger partial charge in [-0.25, -0.2) is 18.4 Å². The van der Waals surface area contributed by atoms with Crippen molar-refractivity contribution in [2.45, 2.75) is 0 Å². The zero-order valence-electron chi connectivity index (χ0n) is 8.99. The van der Waals surface area contributed by atoms with Crippen molar-refractivity contribution in [3.05, 3.63) is 0 Å². The largest absolute Gasteiger partial charge is 0.337 e. The highest BCUT2D eigenvalue weighted by atomic mass is 32.2. The minimum atomic E-state index is -3.40. The summed E-state index contributed by atoms with van der Waals surface area (Å²) in [5.74, 6) is -0.103. The molecule has 0 saturated heterocycles. The Bertz CT molecular complexity index is 289. The van der Waals surface area contributed by atoms with Crippen LogP contribution >= 0.6 is 0 Å². The van der Waals surface area contributed by atoms with E-state index in [1.165, 1.54) is 4.90 Å². The zero-order valence-corrected chi connectivity index (χ0v) is 9.80. The standard InChI is InChI=1S/C7H18N4O3S/c1-11(2)7(12)10-4-3-9-5-6-15(8,13)14/h9H,3-6H2,1-2H3,(H,10,12)(H2,8,13,14). The molecule has 0 spiro atoms. The number of nitrogens with two attached hydrogens (primary N) is 1. The molecule has 0 atom stereocenters. The van der Waals surface area contributed by atoms with Crippen LogP contribution in [0.5, 0.6) is 0 Å². The van der Waals surface area contributed by atoms with Crippen LogP contribution in [0.15, 0.2) is 0 Å². The molecule has 4 N–H and O–H groups in total. The van der Waals surface area contributed by atoms with Gasteiger partial charge in [-0.3, -0.25) is 0 Å². The van der Waals surface area contributed by atoms with Crippen LogP contribution in [0.25, 0.3) is 0 Å². The first-order valence-electron chi connectivity index (χ1n) is 4.49. The SMILES string of the molecule is CN(C)C(=O)NCCNCCS(N)(=O)=O. The summed E-state index contributed by atoms with van der Waals surface area (Å²) in [6.07, 6.45) is 0. The van der Waals surface area contributed by atoms with Crippen molar-refractivity contribution in [2.24, 2.45) is 5.14 Å². The van der Waals surface area contributed by atoms with Crippen molar-refractivity contribution in [3.63, 3.8) is 0 Å². The maximum absolute atomic E-state index is 11.0. The normalized spacial score (nSPS) is 11.1. The highest BCUT2D eigenvalue weighted by molar-refractivity contribution is 7.89. The second kappa shape index (κ2) is 6.59. The van der Waals surface area contributed by atoms with Gasteiger partial charge in [0.25, 0.3) is 0 Å². The number of carbonyl (C=O) groups is 1. The van der Waals surface area contributed by atoms with Crippen LogP contribution in [-0.2, 0) is 10.0 Å². The van der Waals surface area contributed by atoms with E-state index in [-0.39, 0.29) is 18.3 Å². The third-order valence-corrected chi connectivity index (χ3v) is 2.32. The molecule has 90 valence electrons. The fourth-order valence-electron chi connectivity index (χ4n) is 0.755. The summed E-state index contributed by atoms with van der Waals surface area (Å²) in [4.78, 5) is 12.4. The number of hydrogen-bond donors (Lipinski definition) is 3. The molecule has 0 heterocycles. The van der Waals surface area contributed by atoms with E-state index in [1.807, 2.05) is 0 Å². The zero-order chi connectivity index (χ0) is 11.9. The van der Waals surface area contributed by atoms with Gasteiger partial charge in [-0.05, 0) is 0 Å². The molecular formula is C7H18N4O3S. The molecule has 8 heteroatoms. The monoisotopic (exact) mass is 238 g/mol. The predicted octanol–water partition coefficient (Wildman–Crippen LogP) is -1.86. The van der Waals surface area contributed by atoms with E-state index in [0.29, 0.717) is 13.1 Å². The van der Waals surface area contributed by atoms with Crippen LogP contribution in [0.4, 0.5) is 4.79 Å². The Balaban J connectivity index is 3.37. The molecule has 0 bridgehead atoms. The van der Waals surface area contributed by atoms with Crippen LogP contribution in [0, 0.1) is 0 Å². The first kappa shape index (κ1) is 14.1. The van der Waals surface area contributed by atoms with E-state index in [9.17, 15) is 13.2 Å². The predicted molar refractivity (Wildman–Crippen MR) is 57.9 cm³/mol. The fraction of sp³-hybridized carbons (Fsp3) is 0.857. The second-order valence-electron chi connectivity index (χ2n) is 3.24. The van der Waals surface area contributed by atoms with Crippen LogP contribution in [0.2, 0.25) is 0 Å². The summed E-state index contributed by atoms with van der Waals surface area (Å²) >= 11 is 0. The Kier molecular flexibility index (Phi) is 6.21. The van der Waals surface area contributed by atoms with Crippen LogP contribution in [-0.4, -0.2) is 58.8 Å². The molecule has 0 saturated carbocycles. The summed E-state index contributed by atoms with van der Waals surface area (Å²) < 4.78 is 21.0. The van der Waals surface area contributed by atoms with Gasteiger partial charge in [-0.1, -0.05) is 0 Å². The van der Waals surface area contributed by atoms with Crippen molar-refractivity contribution < 1.29 is 13.2 Å². The smallest absolute Gasteiger partial charge is 0.316 e. The lowest BCUT2D eigenvalue weighted by molar-refractivity contribution is 0.217. The minimum absolute atomic E-state index is 0.103. The molecule has 0 aromatic carbocycles. The van der Waals surface area contributed by atoms with Gasteiger partial charge in [-0.15, -0.1) is 0 Å². The van der Waals surface area contributed by atoms with Crippen LogP contribution < -0.4 is 15.8 Å². The number of carbonyl (C=O) groups excluding carboxylic acids is 1. The number of amides is 2. The second-order valence-corrected chi connectivity index (χ2v) is 4.98. The average molecular weight is 238 g/mol. The Labute approximate surface area is 90.1 Å². The van der Waals surface area contributed by atoms with Gasteiger partial charge >= 0.3 is 6.03 Å². The summed E-state index contributed by atoms with van der Waals surface area (Å²) in [6.45, 7) is 1.24. The van der Waals surface area contributed by atoms with Gasteiger partial charge in [0.05, 0.1) is 5.75 Å². The number of hydrogen-bond acceptors (Lipinski definition) is 4. The lowest BCUT2D eigenvalue weighted by Crippen LogP contribution is -2.39. The summed E-state index contributed by atoms with van der Waals surface area (Å²) in [5.41, 5.74) is 0. The molecule has 0 unspecified atom stereocenters. The van der Waals surface area contributed by atoms with Gasteiger partial charge < -0.3 is 15.5 Å². The Morgan fingerprint density at radius 2 is 1.87 bits per heavy atom. The van der Waals surface area contributed by atoms with E-state index in [0.717, 1.165) is 0 Å². The highest BCUT2D eigenvalue weighted by Gasteiger charge is 2.02. The fourth-order valence-corrected chi connectivity index (χ4v) is 1.18. The van der Waals surface area contributed by atoms with Crippen molar-refractivity contribution >= 4 is 16.1 Å². The quantitative estimate of drug-likeness (QED) is 0.472. The van der Waals surface area contributed by atoms with Crippen molar-refractivity contribution in [1.29, 1.82) is 0 Å². The number of sulfonamides is 1. The molecule has 0 aromatic heterocycles. The Morgan fingerprint density at radius 3 is 2.33 bits per heavy atom. The topological polar surface area (TPSA) is 105 Å². The third-order valence-electron chi connectivity index (χ3n) is 1.55. The summed E-state index contributed by atoms with van der Waals surface area (Å²) in [7, 11) is -0.114. The van der Waals surface area contributed by atoms with E-state index >= 15 is 0 Å². The molecule has 0 fully saturated rings. The third kappa shape index (κ3) is 9.44. The van der Waals surface area contributed by atoms with E-state index in [2.05, 4.69) is 10.6 Å². The number of primary sulfonamides is 1. The highest BCUT2D eigenvalue weighted by Crippen LogP contribution is 1.76. The van der Waals surface area contributed by atoms with E-state index in [1.54, 1.807) is 14.1 Å². The Hall–Kier alpha value is -0.860. The van der Waals surface area contributed by atoms with Crippen molar-refractivity contribution in [2.75, 3.05) is 39.5 Å². The van der Waals surface area contributed by atoms with Crippen molar-refractivity contribution in [1.82, 2.24) is 15.5 Å². The molecule has 0 aliphatic carbocycles. The van der Waals surface area contributed by atoms with Gasteiger partial charge in [0.1, 0.15) is 0 Å². The van der Waals surface area contributed by atoms with Crippen molar-refractivity contribution in [3.8, 4) is 0 Å². The molecule has 0 aliphatic rings. The summed E-state index contributed by atoms with van der Waals surface area (Å²) in [5, 5.41) is 10.3. The average Bonchev–Trinajstić information content (AvgIpc) is 2.08. The molecule has 7 nitrogen and oxygen atoms in total. The molecule has 2 amide bonds. The van der Waals surface area contributed by atoms with Gasteiger partial charge in [0, 0.05) is 33.7 Å². The van der Waals surface area contributed by atoms with E-state index in [4.69, 9.17) is 5.14 Å². The van der Waals surface area contributed by atoms with Crippen LogP contribution in [0.1, 0.15) is 0 Å². The maximum atomic E-state index is 11.0. The van der Waals surface area contributed by atoms with Gasteiger partial charge in [-0.2, -0.15) is 0 Å². The number of nitrogens with one attached hydrogen (secondary N) is 2. The first-order chi connectivity index (χ1) is 6.83. The number of rotatable bonds is 6. The molecule has 0 aliphatic heterocycles. The lowest BCUT2D eigenvalue weighted by atomic mass is 10.6. The molecule has 0 rings (SSSR count). The molecule has 0 radical (unpaired) electrons. The Morgan fingerprint density at radius 1 is 1.27 bits per heavy atom. The van der Waals surface area contributed by atoms with Gasteiger partial charge in [0.15, 0.2) is 0 Å². The van der Waals surface area contributed by atoms with E-state index < -0.39 is 10.0 Å². The molecule has 0 aromatic rings. The number of nitrogens with zero attached hydrogens (tertiary/aromatic N) is 1. The minimum Gasteiger partial charge on any atom is -0.337 e. The maximum Gasteiger partial charge on any atom is 0.316 e. The molecular weight excluding hydrogens is 220 g/mol. The lowest BCUT2D eigenvalue weighted by Gasteiger charge is -2.11. The van der Waals surface area contributed by atoms with Gasteiger partial charge in [0.2, 0.25) is 10.0 Å². The summed E-state index contributed by atoms with van der Waals surface area (Å²) in [6, 6.07) is -0.178. The first-order valence-corrected chi connectivity index (χ1v) is 6.21. The number of urea groups is 1. The molecule has 15 heavy (non-hydrogen) atoms. The van der Waals surface area contributed by atoms with Crippen LogP contribution in [0.3, 0.4) is 0 Å².